The maximum absolute atomic E-state index is 16.6. The Labute approximate surface area is 241 Å². The SMILES string of the molecule is CC(C)(C)c1ccc(-c2c(F)c(N[C@@H]3C4CCC(CC4)[C@H]3C(=O)O)nc(-c3c[nH]c4c(F)cc(F)cc34)c2C#N)cc1. The number of benzene rings is 2. The minimum atomic E-state index is -0.934. The number of nitrogens with one attached hydrogen (secondary N) is 2. The fourth-order valence-corrected chi connectivity index (χ4v) is 6.89. The molecule has 3 fully saturated rings. The zero-order valence-corrected chi connectivity index (χ0v) is 23.6. The lowest BCUT2D eigenvalue weighted by molar-refractivity contribution is -0.148. The topological polar surface area (TPSA) is 102 Å². The smallest absolute Gasteiger partial charge is 0.308 e. The Balaban J connectivity index is 1.58. The molecule has 4 aromatic rings. The van der Waals surface area contributed by atoms with Gasteiger partial charge in [-0.1, -0.05) is 45.0 Å². The van der Waals surface area contributed by atoms with E-state index in [-0.39, 0.29) is 56.4 Å². The van der Waals surface area contributed by atoms with Crippen LogP contribution in [0.3, 0.4) is 0 Å². The summed E-state index contributed by atoms with van der Waals surface area (Å²) in [7, 11) is 0. The number of pyridine rings is 1. The molecule has 0 amide bonds. The number of carboxylic acid groups (broad SMARTS) is 1. The Morgan fingerprint density at radius 2 is 1.74 bits per heavy atom. The standard InChI is InChI=1S/C33H31F3N4O2/c1-33(2,3)19-10-8-16(9-11-19)25-22(14-37)29(23-15-38-30-21(23)12-20(34)13-24(30)35)40-31(27(25)36)39-28-18-6-4-17(5-7-18)26(28)32(41)42/h8-13,15,17-18,26,28,38H,4-7H2,1-3H3,(H,39,40)(H,41,42)/t17?,18?,26-,28-/m1/s1. The first-order valence-corrected chi connectivity index (χ1v) is 14.2. The Kier molecular flexibility index (Phi) is 6.76. The van der Waals surface area contributed by atoms with Crippen LogP contribution in [0, 0.1) is 46.5 Å². The van der Waals surface area contributed by atoms with Crippen LogP contribution in [0.15, 0.2) is 42.6 Å². The second-order valence-electron chi connectivity index (χ2n) is 12.5. The van der Waals surface area contributed by atoms with E-state index in [1.807, 2.05) is 12.1 Å². The van der Waals surface area contributed by atoms with Crippen LogP contribution in [0.1, 0.15) is 57.6 Å². The molecule has 0 radical (unpaired) electrons. The summed E-state index contributed by atoms with van der Waals surface area (Å²) in [6, 6.07) is 10.7. The van der Waals surface area contributed by atoms with Crippen molar-refractivity contribution >= 4 is 22.7 Å². The van der Waals surface area contributed by atoms with Gasteiger partial charge in [0.15, 0.2) is 11.6 Å². The Morgan fingerprint density at radius 1 is 1.07 bits per heavy atom. The van der Waals surface area contributed by atoms with Crippen LogP contribution in [0.2, 0.25) is 0 Å². The summed E-state index contributed by atoms with van der Waals surface area (Å²) in [5.41, 5.74) is 1.49. The quantitative estimate of drug-likeness (QED) is 0.227. The van der Waals surface area contributed by atoms with Crippen LogP contribution in [0.5, 0.6) is 0 Å². The van der Waals surface area contributed by atoms with Crippen LogP contribution >= 0.6 is 0 Å². The maximum Gasteiger partial charge on any atom is 0.308 e. The molecule has 0 saturated heterocycles. The second-order valence-corrected chi connectivity index (χ2v) is 12.5. The summed E-state index contributed by atoms with van der Waals surface area (Å²) in [4.78, 5) is 19.7. The zero-order chi connectivity index (χ0) is 29.9. The van der Waals surface area contributed by atoms with Gasteiger partial charge in [0, 0.05) is 34.8 Å². The molecule has 9 heteroatoms. The van der Waals surface area contributed by atoms with Crippen molar-refractivity contribution in [2.24, 2.45) is 17.8 Å². The number of rotatable bonds is 5. The molecule has 2 heterocycles. The van der Waals surface area contributed by atoms with Crippen molar-refractivity contribution in [1.82, 2.24) is 9.97 Å². The number of carboxylic acids is 1. The van der Waals surface area contributed by atoms with Crippen molar-refractivity contribution < 1.29 is 23.1 Å². The number of hydrogen-bond acceptors (Lipinski definition) is 4. The minimum Gasteiger partial charge on any atom is -0.481 e. The van der Waals surface area contributed by atoms with Crippen LogP contribution in [0.25, 0.3) is 33.3 Å². The number of anilines is 1. The van der Waals surface area contributed by atoms with Gasteiger partial charge in [0.25, 0.3) is 0 Å². The molecule has 0 unspecified atom stereocenters. The Bertz CT molecular complexity index is 1740. The third-order valence-corrected chi connectivity index (χ3v) is 9.06. The number of aromatic amines is 1. The molecule has 3 aliphatic carbocycles. The third kappa shape index (κ3) is 4.59. The second kappa shape index (κ2) is 10.2. The van der Waals surface area contributed by atoms with Gasteiger partial charge in [0.2, 0.25) is 0 Å². The van der Waals surface area contributed by atoms with Crippen LogP contribution in [0.4, 0.5) is 19.0 Å². The number of nitriles is 1. The average Bonchev–Trinajstić information content (AvgIpc) is 3.37. The lowest BCUT2D eigenvalue weighted by Crippen LogP contribution is -2.51. The van der Waals surface area contributed by atoms with Crippen LogP contribution in [-0.4, -0.2) is 27.1 Å². The van der Waals surface area contributed by atoms with E-state index in [0.717, 1.165) is 43.4 Å². The van der Waals surface area contributed by atoms with Crippen LogP contribution < -0.4 is 5.32 Å². The van der Waals surface area contributed by atoms with Crippen LogP contribution in [-0.2, 0) is 10.2 Å². The molecular formula is C33H31F3N4O2. The number of aromatic nitrogens is 2. The van der Waals surface area contributed by atoms with Crippen molar-refractivity contribution in [3.05, 3.63) is 71.2 Å². The van der Waals surface area contributed by atoms with Gasteiger partial charge >= 0.3 is 5.97 Å². The summed E-state index contributed by atoms with van der Waals surface area (Å²) in [5.74, 6) is -4.20. The number of fused-ring (bicyclic) bond motifs is 4. The van der Waals surface area contributed by atoms with Gasteiger partial charge in [-0.15, -0.1) is 0 Å². The normalized spacial score (nSPS) is 21.8. The number of nitrogens with zero attached hydrogens (tertiary/aromatic N) is 2. The van der Waals surface area contributed by atoms with Gasteiger partial charge in [-0.2, -0.15) is 5.26 Å². The molecule has 3 aliphatic rings. The van der Waals surface area contributed by atoms with Gasteiger partial charge in [0.05, 0.1) is 22.7 Å². The lowest BCUT2D eigenvalue weighted by Gasteiger charge is -2.47. The van der Waals surface area contributed by atoms with E-state index in [2.05, 4.69) is 42.1 Å². The van der Waals surface area contributed by atoms with E-state index in [1.165, 1.54) is 6.20 Å². The Hall–Kier alpha value is -4.32. The maximum atomic E-state index is 16.6. The van der Waals surface area contributed by atoms with E-state index in [0.29, 0.717) is 5.56 Å². The minimum absolute atomic E-state index is 0.00970. The van der Waals surface area contributed by atoms with E-state index in [4.69, 9.17) is 0 Å². The molecule has 6 nitrogen and oxygen atoms in total. The van der Waals surface area contributed by atoms with E-state index < -0.39 is 35.4 Å². The molecule has 0 spiro atoms. The molecule has 3 saturated carbocycles. The van der Waals surface area contributed by atoms with Crippen molar-refractivity contribution in [2.75, 3.05) is 5.32 Å². The number of hydrogen-bond donors (Lipinski definition) is 3. The van der Waals surface area contributed by atoms with Gasteiger partial charge in [0.1, 0.15) is 17.7 Å². The molecule has 2 bridgehead atoms. The highest BCUT2D eigenvalue weighted by atomic mass is 19.1. The predicted molar refractivity (Wildman–Crippen MR) is 154 cm³/mol. The van der Waals surface area contributed by atoms with Crippen molar-refractivity contribution in [3.8, 4) is 28.5 Å². The molecule has 216 valence electrons. The molecule has 3 N–H and O–H groups in total. The van der Waals surface area contributed by atoms with Gasteiger partial charge in [-0.05, 0) is 60.1 Å². The van der Waals surface area contributed by atoms with E-state index in [1.54, 1.807) is 12.1 Å². The van der Waals surface area contributed by atoms with Gasteiger partial charge in [-0.25, -0.2) is 18.2 Å². The first-order chi connectivity index (χ1) is 20.0. The first kappa shape index (κ1) is 27.8. The monoisotopic (exact) mass is 572 g/mol. The molecular weight excluding hydrogens is 541 g/mol. The number of halogens is 3. The molecule has 2 atom stereocenters. The van der Waals surface area contributed by atoms with Crippen molar-refractivity contribution in [1.29, 1.82) is 5.26 Å². The Morgan fingerprint density at radius 3 is 2.36 bits per heavy atom. The predicted octanol–water partition coefficient (Wildman–Crippen LogP) is 7.78. The largest absolute Gasteiger partial charge is 0.481 e. The number of aliphatic carboxylic acids is 1. The zero-order valence-electron chi connectivity index (χ0n) is 23.6. The molecule has 0 aliphatic heterocycles. The van der Waals surface area contributed by atoms with Gasteiger partial charge < -0.3 is 15.4 Å². The molecule has 2 aromatic carbocycles. The highest BCUT2D eigenvalue weighted by Gasteiger charge is 2.47. The fourth-order valence-electron chi connectivity index (χ4n) is 6.89. The van der Waals surface area contributed by atoms with E-state index >= 15 is 4.39 Å². The average molecular weight is 573 g/mol. The summed E-state index contributed by atoms with van der Waals surface area (Å²) in [5, 5.41) is 23.7. The number of H-pyrrole nitrogens is 1. The molecule has 42 heavy (non-hydrogen) atoms. The highest BCUT2D eigenvalue weighted by Crippen LogP contribution is 2.47. The molecule has 2 aromatic heterocycles. The van der Waals surface area contributed by atoms with Crippen molar-refractivity contribution in [3.63, 3.8) is 0 Å². The summed E-state index contributed by atoms with van der Waals surface area (Å²) in [6.07, 6.45) is 4.71. The van der Waals surface area contributed by atoms with Gasteiger partial charge in [-0.3, -0.25) is 4.79 Å². The summed E-state index contributed by atoms with van der Waals surface area (Å²) in [6.45, 7) is 6.17. The first-order valence-electron chi connectivity index (χ1n) is 14.2. The lowest BCUT2D eigenvalue weighted by atomic mass is 9.61. The van der Waals surface area contributed by atoms with Crippen molar-refractivity contribution in [2.45, 2.75) is 57.9 Å². The van der Waals surface area contributed by atoms with E-state index in [9.17, 15) is 23.9 Å². The molecule has 7 rings (SSSR count). The fraction of sp³-hybridized carbons (Fsp3) is 0.364. The highest BCUT2D eigenvalue weighted by molar-refractivity contribution is 5.98. The summed E-state index contributed by atoms with van der Waals surface area (Å²) < 4.78 is 45.5. The summed E-state index contributed by atoms with van der Waals surface area (Å²) >= 11 is 0. The number of carbonyl (C=O) groups is 1. The third-order valence-electron chi connectivity index (χ3n) is 9.06.